The summed E-state index contributed by atoms with van der Waals surface area (Å²) < 4.78 is 137. The summed E-state index contributed by atoms with van der Waals surface area (Å²) in [5, 5.41) is 0. The topological polar surface area (TPSA) is 18.5 Å². The predicted molar refractivity (Wildman–Crippen MR) is 50.3 cm³/mol. The van der Waals surface area contributed by atoms with E-state index in [1.807, 2.05) is 0 Å². The van der Waals surface area contributed by atoms with E-state index in [4.69, 9.17) is 0 Å². The van der Waals surface area contributed by atoms with Gasteiger partial charge in [-0.2, -0.15) is 53.2 Å². The van der Waals surface area contributed by atoms with Crippen molar-refractivity contribution in [3.05, 3.63) is 0 Å². The van der Waals surface area contributed by atoms with Crippen LogP contribution in [-0.4, -0.2) is 36.7 Å². The molecule has 0 aliphatic rings. The number of unbranched alkanes of at least 4 members (excludes halogenated alkanes) is 1. The van der Waals surface area contributed by atoms with Crippen LogP contribution >= 0.6 is 0 Å². The summed E-state index contributed by atoms with van der Waals surface area (Å²) >= 11 is 0. The van der Waals surface area contributed by atoms with E-state index in [1.165, 1.54) is 6.92 Å². The summed E-state index contributed by atoms with van der Waals surface area (Å²) in [4.78, 5) is 6.06. The fourth-order valence-electron chi connectivity index (χ4n) is 0.929. The van der Waals surface area contributed by atoms with Crippen molar-refractivity contribution in [2.24, 2.45) is 0 Å². The van der Waals surface area contributed by atoms with E-state index in [9.17, 15) is 48.3 Å². The lowest BCUT2D eigenvalue weighted by atomic mass is 10.0. The van der Waals surface area contributed by atoms with Crippen molar-refractivity contribution in [2.45, 2.75) is 49.8 Å². The minimum Gasteiger partial charge on any atom is -0.269 e. The average molecular weight is 378 g/mol. The van der Waals surface area contributed by atoms with Gasteiger partial charge in [0.25, 0.3) is 0 Å². The highest BCUT2D eigenvalue weighted by atomic mass is 19.4. The average Bonchev–Trinajstić information content (AvgIpc) is 2.32. The summed E-state index contributed by atoms with van der Waals surface area (Å²) in [6.07, 6.45) is -13.4. The molecule has 142 valence electrons. The molecule has 0 radical (unpaired) electrons. The summed E-state index contributed by atoms with van der Waals surface area (Å²) in [5.41, 5.74) is 0. The molecule has 0 atom stereocenters. The van der Waals surface area contributed by atoms with E-state index in [0.29, 0.717) is 0 Å². The molecule has 0 rings (SSSR count). The molecule has 0 N–H and O–H groups in total. The van der Waals surface area contributed by atoms with Crippen molar-refractivity contribution in [1.29, 1.82) is 0 Å². The Balaban J connectivity index is 0. The van der Waals surface area contributed by atoms with Crippen LogP contribution in [0.15, 0.2) is 0 Å². The van der Waals surface area contributed by atoms with Gasteiger partial charge < -0.3 is 0 Å². The normalized spacial score (nSPS) is 14.6. The molecule has 0 aromatic heterocycles. The molecule has 0 fully saturated rings. The molecule has 0 heterocycles. The second kappa shape index (κ2) is 7.32. The van der Waals surface area contributed by atoms with Crippen LogP contribution in [-0.2, 0) is 9.78 Å². The summed E-state index contributed by atoms with van der Waals surface area (Å²) in [6.45, 7) is 0.678. The zero-order chi connectivity index (χ0) is 18.0. The van der Waals surface area contributed by atoms with Crippen LogP contribution in [0.4, 0.5) is 53.0 Å². The quantitative estimate of drug-likeness (QED) is 0.258. The Hall–Kier alpha value is -0.920. The fourth-order valence-corrected chi connectivity index (χ4v) is 0.929. The fraction of sp³-hybridized carbons (Fsp3) is 1.00. The summed E-state index contributed by atoms with van der Waals surface area (Å²) in [5.74, 6) is -22.1. The number of rotatable bonds is 8. The molecule has 0 aliphatic heterocycles. The first-order valence-corrected chi connectivity index (χ1v) is 5.45. The molecule has 0 aromatic rings. The van der Waals surface area contributed by atoms with Gasteiger partial charge in [-0.15, -0.1) is 0 Å². The number of hydrogen-bond acceptors (Lipinski definition) is 2. The third-order valence-electron chi connectivity index (χ3n) is 2.26. The van der Waals surface area contributed by atoms with E-state index in [-0.39, 0.29) is 17.5 Å². The van der Waals surface area contributed by atoms with E-state index < -0.39 is 36.7 Å². The van der Waals surface area contributed by atoms with Crippen LogP contribution in [0.2, 0.25) is 0 Å². The minimum absolute atomic E-state index is 0. The highest BCUT2D eigenvalue weighted by Gasteiger charge is 2.88. The van der Waals surface area contributed by atoms with Crippen molar-refractivity contribution in [3.8, 4) is 0 Å². The van der Waals surface area contributed by atoms with Gasteiger partial charge in [0, 0.05) is 0 Å². The molecule has 14 heteroatoms. The van der Waals surface area contributed by atoms with Crippen LogP contribution < -0.4 is 0 Å². The summed E-state index contributed by atoms with van der Waals surface area (Å²) in [6, 6.07) is 0. The van der Waals surface area contributed by atoms with Gasteiger partial charge in [-0.1, -0.05) is 13.3 Å². The molecule has 0 saturated carbocycles. The van der Waals surface area contributed by atoms with E-state index >= 15 is 0 Å². The van der Waals surface area contributed by atoms with Crippen molar-refractivity contribution in [3.63, 3.8) is 0 Å². The SMILES string of the molecule is CCCCOOC(F)(F)C(F)(F)C(F)(F)C(F)(F)C(F)(F)F.F. The molecule has 0 saturated heterocycles. The first kappa shape index (κ1) is 24.3. The Bertz CT molecular complexity index is 364. The third kappa shape index (κ3) is 4.33. The van der Waals surface area contributed by atoms with Crippen LogP contribution in [0.1, 0.15) is 19.8 Å². The first-order chi connectivity index (χ1) is 9.56. The predicted octanol–water partition coefficient (Wildman–Crippen LogP) is 4.95. The maximum Gasteiger partial charge on any atom is 0.460 e. The van der Waals surface area contributed by atoms with Gasteiger partial charge in [0.05, 0.1) is 6.61 Å². The lowest BCUT2D eigenvalue weighted by molar-refractivity contribution is -0.522. The van der Waals surface area contributed by atoms with Crippen molar-refractivity contribution < 1.29 is 62.8 Å². The molecule has 23 heavy (non-hydrogen) atoms. The number of halogens is 12. The zero-order valence-electron chi connectivity index (χ0n) is 11.0. The van der Waals surface area contributed by atoms with Gasteiger partial charge in [0.1, 0.15) is 0 Å². The molecule has 2 nitrogen and oxygen atoms in total. The van der Waals surface area contributed by atoms with Crippen LogP contribution in [0.3, 0.4) is 0 Å². The zero-order valence-corrected chi connectivity index (χ0v) is 11.0. The molecule has 0 bridgehead atoms. The maximum atomic E-state index is 12.8. The van der Waals surface area contributed by atoms with E-state index in [2.05, 4.69) is 9.78 Å². The largest absolute Gasteiger partial charge is 0.460 e. The standard InChI is InChI=1S/C9H9F11O2.FH/c1-2-3-4-21-22-9(19,20)7(14,15)5(10,11)6(12,13)8(16,17)18;/h2-4H2,1H3;1H. The van der Waals surface area contributed by atoms with Crippen molar-refractivity contribution in [2.75, 3.05) is 6.61 Å². The second-order valence-corrected chi connectivity index (χ2v) is 4.00. The Morgan fingerprint density at radius 3 is 1.48 bits per heavy atom. The maximum absolute atomic E-state index is 12.8. The van der Waals surface area contributed by atoms with E-state index in [1.54, 1.807) is 0 Å². The first-order valence-electron chi connectivity index (χ1n) is 5.45. The van der Waals surface area contributed by atoms with Gasteiger partial charge in [-0.05, 0) is 6.42 Å². The number of hydrogen-bond donors (Lipinski definition) is 0. The van der Waals surface area contributed by atoms with Gasteiger partial charge in [-0.3, -0.25) is 4.70 Å². The highest BCUT2D eigenvalue weighted by molar-refractivity contribution is 5.03. The van der Waals surface area contributed by atoms with Crippen LogP contribution in [0.25, 0.3) is 0 Å². The molecule has 0 unspecified atom stereocenters. The van der Waals surface area contributed by atoms with Crippen LogP contribution in [0, 0.1) is 0 Å². The lowest BCUT2D eigenvalue weighted by Gasteiger charge is -2.36. The van der Waals surface area contributed by atoms with Crippen molar-refractivity contribution in [1.82, 2.24) is 0 Å². The highest BCUT2D eigenvalue weighted by Crippen LogP contribution is 2.57. The van der Waals surface area contributed by atoms with Gasteiger partial charge in [-0.25, -0.2) is 4.89 Å². The molecular formula is C9H10F12O2. The molecule has 0 aliphatic carbocycles. The summed E-state index contributed by atoms with van der Waals surface area (Å²) in [7, 11) is 0. The Morgan fingerprint density at radius 2 is 1.13 bits per heavy atom. The monoisotopic (exact) mass is 378 g/mol. The lowest BCUT2D eigenvalue weighted by Crippen LogP contribution is -2.66. The molecule has 0 aromatic carbocycles. The van der Waals surface area contributed by atoms with Gasteiger partial charge >= 0.3 is 30.1 Å². The molecule has 0 spiro atoms. The number of alkyl halides is 11. The Labute approximate surface area is 120 Å². The van der Waals surface area contributed by atoms with Gasteiger partial charge in [0.2, 0.25) is 0 Å². The Morgan fingerprint density at radius 1 is 0.696 bits per heavy atom. The third-order valence-corrected chi connectivity index (χ3v) is 2.26. The molecule has 0 amide bonds. The minimum atomic E-state index is -7.49. The molecular weight excluding hydrogens is 368 g/mol. The van der Waals surface area contributed by atoms with Crippen LogP contribution in [0.5, 0.6) is 0 Å². The smallest absolute Gasteiger partial charge is 0.269 e. The van der Waals surface area contributed by atoms with E-state index in [0.717, 1.165) is 0 Å². The van der Waals surface area contributed by atoms with Gasteiger partial charge in [0.15, 0.2) is 0 Å². The van der Waals surface area contributed by atoms with Crippen molar-refractivity contribution >= 4 is 0 Å². The second-order valence-electron chi connectivity index (χ2n) is 4.00. The Kier molecular flexibility index (Phi) is 7.74.